The number of carbonyl (C=O) groups is 3. The maximum absolute atomic E-state index is 12.6. The van der Waals surface area contributed by atoms with Gasteiger partial charge in [-0.25, -0.2) is 9.78 Å². The topological polar surface area (TPSA) is 157 Å². The average Bonchev–Trinajstić information content (AvgIpc) is 2.91. The molecule has 0 unspecified atom stereocenters. The highest BCUT2D eigenvalue weighted by Crippen LogP contribution is 2.34. The minimum absolute atomic E-state index is 0.0341. The maximum atomic E-state index is 12.6. The summed E-state index contributed by atoms with van der Waals surface area (Å²) >= 11 is 0. The van der Waals surface area contributed by atoms with Crippen LogP contribution in [0.3, 0.4) is 0 Å². The number of nitrogens with zero attached hydrogens (tertiary/aromatic N) is 4. The van der Waals surface area contributed by atoms with E-state index in [2.05, 4.69) is 21.7 Å². The molecule has 0 aliphatic carbocycles. The van der Waals surface area contributed by atoms with Gasteiger partial charge in [-0.1, -0.05) is 0 Å². The lowest BCUT2D eigenvalue weighted by Crippen LogP contribution is -2.53. The molecule has 2 atom stereocenters. The number of aromatic nitrogens is 1. The van der Waals surface area contributed by atoms with Crippen LogP contribution >= 0.6 is 0 Å². The Bertz CT molecular complexity index is 1280. The molecule has 1 aromatic carbocycles. The number of hydrogen-bond acceptors (Lipinski definition) is 8. The van der Waals surface area contributed by atoms with Crippen LogP contribution in [0.2, 0.25) is 0 Å². The van der Waals surface area contributed by atoms with Gasteiger partial charge < -0.3 is 35.0 Å². The summed E-state index contributed by atoms with van der Waals surface area (Å²) in [6.07, 6.45) is 0.844. The molecule has 1 saturated heterocycles. The number of hydrogen-bond donors (Lipinski definition) is 3. The summed E-state index contributed by atoms with van der Waals surface area (Å²) in [5.41, 5.74) is 1.66. The molecule has 2 aromatic rings. The van der Waals surface area contributed by atoms with E-state index in [4.69, 9.17) is 9.47 Å². The molecule has 0 spiro atoms. The van der Waals surface area contributed by atoms with Crippen LogP contribution in [0.25, 0.3) is 0 Å². The van der Waals surface area contributed by atoms with Crippen LogP contribution in [0.5, 0.6) is 11.5 Å². The number of carbonyl (C=O) groups excluding carboxylic acids is 2. The molecule has 1 fully saturated rings. The number of anilines is 2. The van der Waals surface area contributed by atoms with Crippen molar-refractivity contribution in [3.63, 3.8) is 0 Å². The third-order valence-electron chi connectivity index (χ3n) is 6.77. The molecule has 0 bridgehead atoms. The number of amides is 3. The Morgan fingerprint density at radius 3 is 2.81 bits per heavy atom. The number of pyridine rings is 1. The molecule has 3 aliphatic heterocycles. The quantitative estimate of drug-likeness (QED) is 0.530. The zero-order valence-corrected chi connectivity index (χ0v) is 20.0. The third-order valence-corrected chi connectivity index (χ3v) is 6.77. The van der Waals surface area contributed by atoms with E-state index in [0.717, 1.165) is 6.42 Å². The Morgan fingerprint density at radius 1 is 1.19 bits per heavy atom. The fraction of sp³-hybridized carbons (Fsp3) is 0.400. The van der Waals surface area contributed by atoms with Crippen molar-refractivity contribution in [3.05, 3.63) is 41.6 Å². The molecular weight excluding hydrogens is 480 g/mol. The highest BCUT2D eigenvalue weighted by molar-refractivity contribution is 5.98. The lowest BCUT2D eigenvalue weighted by Gasteiger charge is -2.39. The second-order valence-electron chi connectivity index (χ2n) is 9.15. The Kier molecular flexibility index (Phi) is 6.78. The highest BCUT2D eigenvalue weighted by atomic mass is 16.5. The Hall–Kier alpha value is -4.37. The molecule has 0 radical (unpaired) electrons. The minimum Gasteiger partial charge on any atom is -0.482 e. The fourth-order valence-corrected chi connectivity index (χ4v) is 4.87. The molecule has 12 nitrogen and oxygen atoms in total. The van der Waals surface area contributed by atoms with Gasteiger partial charge in [-0.15, -0.1) is 0 Å². The predicted molar refractivity (Wildman–Crippen MR) is 130 cm³/mol. The molecule has 12 heteroatoms. The van der Waals surface area contributed by atoms with Gasteiger partial charge in [0.25, 0.3) is 11.8 Å². The fourth-order valence-electron chi connectivity index (χ4n) is 4.87. The number of nitriles is 1. The number of carboxylic acid groups (broad SMARTS) is 1. The first-order valence-electron chi connectivity index (χ1n) is 12.0. The second-order valence-corrected chi connectivity index (χ2v) is 9.15. The van der Waals surface area contributed by atoms with Crippen molar-refractivity contribution in [1.29, 1.82) is 5.26 Å². The summed E-state index contributed by atoms with van der Waals surface area (Å²) in [4.78, 5) is 43.6. The number of ether oxygens (including phenoxy) is 2. The molecule has 37 heavy (non-hydrogen) atoms. The molecule has 1 aromatic heterocycles. The van der Waals surface area contributed by atoms with E-state index in [1.807, 2.05) is 0 Å². The Morgan fingerprint density at radius 2 is 2.00 bits per heavy atom. The predicted octanol–water partition coefficient (Wildman–Crippen LogP) is 1.70. The second kappa shape index (κ2) is 10.3. The van der Waals surface area contributed by atoms with Gasteiger partial charge in [0.15, 0.2) is 24.8 Å². The zero-order valence-electron chi connectivity index (χ0n) is 20.0. The minimum atomic E-state index is -1.01. The van der Waals surface area contributed by atoms with E-state index in [1.165, 1.54) is 4.90 Å². The van der Waals surface area contributed by atoms with Crippen LogP contribution in [0.15, 0.2) is 30.3 Å². The molecule has 0 saturated carbocycles. The van der Waals surface area contributed by atoms with Crippen molar-refractivity contribution in [2.45, 2.75) is 37.9 Å². The van der Waals surface area contributed by atoms with Crippen molar-refractivity contribution in [1.82, 2.24) is 15.2 Å². The van der Waals surface area contributed by atoms with Crippen LogP contribution in [-0.2, 0) is 16.1 Å². The lowest BCUT2D eigenvalue weighted by molar-refractivity contribution is -0.121. The number of fused-ring (bicyclic) bond motifs is 2. The summed E-state index contributed by atoms with van der Waals surface area (Å²) in [6.45, 7) is 0.908. The first kappa shape index (κ1) is 24.3. The van der Waals surface area contributed by atoms with Crippen molar-refractivity contribution < 1.29 is 29.0 Å². The Labute approximate surface area is 212 Å². The van der Waals surface area contributed by atoms with Crippen LogP contribution in [-0.4, -0.2) is 71.3 Å². The smallest absolute Gasteiger partial charge is 0.407 e. The monoisotopic (exact) mass is 506 g/mol. The SMILES string of the molecule is N#Cc1ccc2c(c1)N(CC[C@H]1CC[C@H](NCc3ccc4c(n3)NC(=O)CO4)CN1C(=O)O)C(=O)CO2. The summed E-state index contributed by atoms with van der Waals surface area (Å²) in [5.74, 6) is 0.953. The highest BCUT2D eigenvalue weighted by Gasteiger charge is 2.33. The first-order chi connectivity index (χ1) is 17.9. The van der Waals surface area contributed by atoms with Gasteiger partial charge in [0.05, 0.1) is 23.0 Å². The molecular formula is C25H26N6O6. The summed E-state index contributed by atoms with van der Waals surface area (Å²) < 4.78 is 10.8. The van der Waals surface area contributed by atoms with Gasteiger partial charge in [-0.05, 0) is 49.6 Å². The number of rotatable bonds is 6. The third kappa shape index (κ3) is 5.26. The molecule has 5 rings (SSSR count). The van der Waals surface area contributed by atoms with Crippen LogP contribution in [0.1, 0.15) is 30.5 Å². The van der Waals surface area contributed by atoms with Gasteiger partial charge in [0, 0.05) is 31.7 Å². The standard InChI is InChI=1S/C25H26N6O6/c26-10-15-1-5-20-19(9-15)30(23(33)14-37-20)8-7-18-4-2-17(12-31(18)25(34)35)27-11-16-3-6-21-24(28-16)29-22(32)13-36-21/h1,3,5-6,9,17-18,27H,2,4,7-8,11-14H2,(H,34,35)(H,28,29,32)/t17-,18+/m0/s1. The van der Waals surface area contributed by atoms with E-state index in [0.29, 0.717) is 66.7 Å². The average molecular weight is 507 g/mol. The molecule has 3 aliphatic rings. The number of likely N-dealkylation sites (tertiary alicyclic amines) is 1. The van der Waals surface area contributed by atoms with Gasteiger partial charge in [0.2, 0.25) is 0 Å². The van der Waals surface area contributed by atoms with E-state index in [-0.39, 0.29) is 37.1 Å². The number of benzene rings is 1. The normalized spacial score (nSPS) is 20.6. The number of nitrogens with one attached hydrogen (secondary N) is 2. The largest absolute Gasteiger partial charge is 0.482 e. The van der Waals surface area contributed by atoms with Gasteiger partial charge in [0.1, 0.15) is 5.75 Å². The molecule has 4 heterocycles. The van der Waals surface area contributed by atoms with Gasteiger partial charge >= 0.3 is 6.09 Å². The van der Waals surface area contributed by atoms with Crippen molar-refractivity contribution in [2.75, 3.05) is 36.5 Å². The van der Waals surface area contributed by atoms with Crippen molar-refractivity contribution in [2.24, 2.45) is 0 Å². The van der Waals surface area contributed by atoms with E-state index in [9.17, 15) is 24.8 Å². The van der Waals surface area contributed by atoms with Gasteiger partial charge in [-0.3, -0.25) is 9.59 Å². The summed E-state index contributed by atoms with van der Waals surface area (Å²) in [6, 6.07) is 10.2. The Balaban J connectivity index is 1.19. The van der Waals surface area contributed by atoms with E-state index < -0.39 is 6.09 Å². The molecule has 3 amide bonds. The summed E-state index contributed by atoms with van der Waals surface area (Å²) in [7, 11) is 0. The zero-order chi connectivity index (χ0) is 25.9. The van der Waals surface area contributed by atoms with Crippen LogP contribution in [0.4, 0.5) is 16.3 Å². The molecule has 3 N–H and O–H groups in total. The van der Waals surface area contributed by atoms with Gasteiger partial charge in [-0.2, -0.15) is 5.26 Å². The van der Waals surface area contributed by atoms with E-state index in [1.54, 1.807) is 35.2 Å². The van der Waals surface area contributed by atoms with E-state index >= 15 is 0 Å². The maximum Gasteiger partial charge on any atom is 0.407 e. The first-order valence-corrected chi connectivity index (χ1v) is 12.0. The summed E-state index contributed by atoms with van der Waals surface area (Å²) in [5, 5.41) is 25.2. The van der Waals surface area contributed by atoms with Crippen LogP contribution < -0.4 is 25.0 Å². The van der Waals surface area contributed by atoms with Crippen LogP contribution in [0, 0.1) is 11.3 Å². The van der Waals surface area contributed by atoms with Crippen molar-refractivity contribution in [3.8, 4) is 17.6 Å². The lowest BCUT2D eigenvalue weighted by atomic mass is 9.95. The molecule has 192 valence electrons. The number of piperidine rings is 1. The van der Waals surface area contributed by atoms with Crippen molar-refractivity contribution >= 4 is 29.4 Å².